The maximum Gasteiger partial charge on any atom is 0.492 e. The Balaban J connectivity index is 1.57. The van der Waals surface area contributed by atoms with E-state index < -0.39 is 19.0 Å². The molecule has 2 aromatic carbocycles. The van der Waals surface area contributed by atoms with Crippen LogP contribution in [0.2, 0.25) is 0 Å². The van der Waals surface area contributed by atoms with Crippen molar-refractivity contribution in [3.8, 4) is 0 Å². The monoisotopic (exact) mass is 371 g/mol. The van der Waals surface area contributed by atoms with E-state index in [4.69, 9.17) is 9.39 Å². The van der Waals surface area contributed by atoms with E-state index in [1.807, 2.05) is 6.92 Å². The van der Waals surface area contributed by atoms with Crippen molar-refractivity contribution in [2.75, 3.05) is 6.54 Å². The number of fused-ring (bicyclic) bond motifs is 1. The van der Waals surface area contributed by atoms with Crippen LogP contribution >= 0.6 is 0 Å². The van der Waals surface area contributed by atoms with E-state index >= 15 is 0 Å². The van der Waals surface area contributed by atoms with Gasteiger partial charge in [-0.25, -0.2) is 4.39 Å². The van der Waals surface area contributed by atoms with E-state index in [9.17, 15) is 19.0 Å². The highest BCUT2D eigenvalue weighted by atomic mass is 19.1. The lowest BCUT2D eigenvalue weighted by atomic mass is 9.75. The molecule has 0 aliphatic carbocycles. The predicted molar refractivity (Wildman–Crippen MR) is 96.8 cm³/mol. The minimum atomic E-state index is -1.07. The average molecular weight is 371 g/mol. The molecule has 0 aromatic heterocycles. The zero-order valence-corrected chi connectivity index (χ0v) is 15.0. The van der Waals surface area contributed by atoms with Gasteiger partial charge >= 0.3 is 13.1 Å². The third-order valence-electron chi connectivity index (χ3n) is 4.52. The Morgan fingerprint density at radius 2 is 1.96 bits per heavy atom. The normalized spacial score (nSPS) is 15.4. The fraction of sp³-hybridized carbons (Fsp3) is 0.263. The molecule has 27 heavy (non-hydrogen) atoms. The summed E-state index contributed by atoms with van der Waals surface area (Å²) in [5, 5.41) is 12.5. The molecule has 8 heteroatoms. The van der Waals surface area contributed by atoms with Gasteiger partial charge in [0.05, 0.1) is 6.10 Å². The van der Waals surface area contributed by atoms with Gasteiger partial charge in [0, 0.05) is 5.56 Å². The fourth-order valence-electron chi connectivity index (χ4n) is 3.06. The van der Waals surface area contributed by atoms with Gasteiger partial charge in [0.25, 0.3) is 5.91 Å². The van der Waals surface area contributed by atoms with E-state index in [1.54, 1.807) is 19.1 Å². The first-order valence-electron chi connectivity index (χ1n) is 8.52. The van der Waals surface area contributed by atoms with Crippen LogP contribution in [0.25, 0.3) is 0 Å². The van der Waals surface area contributed by atoms with Gasteiger partial charge in [0.15, 0.2) is 0 Å². The van der Waals surface area contributed by atoms with E-state index in [0.29, 0.717) is 22.2 Å². The van der Waals surface area contributed by atoms with Crippen LogP contribution in [-0.2, 0) is 20.8 Å². The molecule has 1 heterocycles. The summed E-state index contributed by atoms with van der Waals surface area (Å²) >= 11 is 0. The first-order chi connectivity index (χ1) is 12.9. The van der Waals surface area contributed by atoms with E-state index in [2.05, 4.69) is 5.32 Å². The molecule has 0 radical (unpaired) electrons. The van der Waals surface area contributed by atoms with Gasteiger partial charge in [-0.1, -0.05) is 18.2 Å². The van der Waals surface area contributed by atoms with Crippen LogP contribution in [0.15, 0.2) is 36.4 Å². The van der Waals surface area contributed by atoms with Crippen LogP contribution in [0, 0.1) is 12.7 Å². The van der Waals surface area contributed by atoms with Gasteiger partial charge in [-0.2, -0.15) is 0 Å². The van der Waals surface area contributed by atoms with Crippen LogP contribution in [0.1, 0.15) is 40.1 Å². The minimum absolute atomic E-state index is 0.00568. The van der Waals surface area contributed by atoms with Crippen molar-refractivity contribution >= 4 is 24.5 Å². The Kier molecular flexibility index (Phi) is 5.58. The summed E-state index contributed by atoms with van der Waals surface area (Å²) in [5.74, 6) is -1.42. The number of hydrogen-bond donors (Lipinski definition) is 2. The van der Waals surface area contributed by atoms with Gasteiger partial charge in [-0.05, 0) is 54.2 Å². The third kappa shape index (κ3) is 4.18. The zero-order valence-electron chi connectivity index (χ0n) is 15.0. The van der Waals surface area contributed by atoms with Crippen molar-refractivity contribution in [2.45, 2.75) is 26.6 Å². The third-order valence-corrected chi connectivity index (χ3v) is 4.52. The highest BCUT2D eigenvalue weighted by Gasteiger charge is 2.35. The lowest BCUT2D eigenvalue weighted by Gasteiger charge is -2.12. The van der Waals surface area contributed by atoms with Gasteiger partial charge < -0.3 is 19.7 Å². The summed E-state index contributed by atoms with van der Waals surface area (Å²) < 4.78 is 23.2. The largest absolute Gasteiger partial charge is 0.492 e. The van der Waals surface area contributed by atoms with Crippen molar-refractivity contribution in [1.82, 2.24) is 5.32 Å². The second-order valence-corrected chi connectivity index (χ2v) is 6.34. The molecule has 140 valence electrons. The Labute approximate surface area is 156 Å². The fourth-order valence-corrected chi connectivity index (χ4v) is 3.06. The zero-order chi connectivity index (χ0) is 19.6. The molecule has 1 amide bonds. The Hall–Kier alpha value is -2.71. The number of benzene rings is 2. The Morgan fingerprint density at radius 3 is 2.67 bits per heavy atom. The maximum absolute atomic E-state index is 12.8. The predicted octanol–water partition coefficient (Wildman–Crippen LogP) is 1.39. The van der Waals surface area contributed by atoms with Crippen LogP contribution in [0.4, 0.5) is 4.39 Å². The average Bonchev–Trinajstić information content (AvgIpc) is 2.94. The molecule has 0 bridgehead atoms. The highest BCUT2D eigenvalue weighted by Crippen LogP contribution is 2.25. The van der Waals surface area contributed by atoms with Crippen LogP contribution in [-0.4, -0.2) is 30.6 Å². The number of esters is 1. The Bertz CT molecular complexity index is 871. The summed E-state index contributed by atoms with van der Waals surface area (Å²) in [6.07, 6.45) is -0.243. The first kappa shape index (κ1) is 19.1. The van der Waals surface area contributed by atoms with E-state index in [1.165, 1.54) is 24.3 Å². The molecule has 0 saturated heterocycles. The van der Waals surface area contributed by atoms with Crippen LogP contribution < -0.4 is 10.8 Å². The van der Waals surface area contributed by atoms with Crippen molar-refractivity contribution in [3.63, 3.8) is 0 Å². The number of ether oxygens (including phenoxy) is 1. The summed E-state index contributed by atoms with van der Waals surface area (Å²) in [7, 11) is -1.07. The molecular weight excluding hydrogens is 352 g/mol. The highest BCUT2D eigenvalue weighted by molar-refractivity contribution is 6.62. The van der Waals surface area contributed by atoms with Crippen molar-refractivity contribution in [1.29, 1.82) is 0 Å². The lowest BCUT2D eigenvalue weighted by molar-refractivity contribution is -0.143. The summed E-state index contributed by atoms with van der Waals surface area (Å²) in [4.78, 5) is 24.2. The molecule has 6 nitrogen and oxygen atoms in total. The number of amides is 1. The van der Waals surface area contributed by atoms with Gasteiger partial charge in [0.1, 0.15) is 19.0 Å². The molecule has 3 rings (SSSR count). The number of rotatable bonds is 5. The summed E-state index contributed by atoms with van der Waals surface area (Å²) in [6, 6.07) is 8.98. The summed E-state index contributed by atoms with van der Waals surface area (Å²) in [5.41, 5.74) is 3.05. The van der Waals surface area contributed by atoms with Crippen molar-refractivity contribution < 1.29 is 28.4 Å². The van der Waals surface area contributed by atoms with E-state index in [0.717, 1.165) is 5.56 Å². The standard InChI is InChI=1S/C19H19BFNO5/c1-11-15(7-8-16-12(2)27-20(25)18(11)16)19(24)22-9-17(23)26-10-13-3-5-14(21)6-4-13/h3-8,12,25H,9-10H2,1-2H3,(H,22,24). The number of carbonyl (C=O) groups excluding carboxylic acids is 2. The molecule has 1 aliphatic rings. The van der Waals surface area contributed by atoms with Gasteiger partial charge in [0.2, 0.25) is 0 Å². The summed E-state index contributed by atoms with van der Waals surface area (Å²) in [6.45, 7) is 3.25. The molecule has 2 N–H and O–H groups in total. The molecule has 2 aromatic rings. The number of nitrogens with one attached hydrogen (secondary N) is 1. The maximum atomic E-state index is 12.8. The van der Waals surface area contributed by atoms with E-state index in [-0.39, 0.29) is 25.1 Å². The van der Waals surface area contributed by atoms with Crippen molar-refractivity contribution in [2.24, 2.45) is 0 Å². The van der Waals surface area contributed by atoms with Crippen LogP contribution in [0.3, 0.4) is 0 Å². The molecule has 1 atom stereocenters. The number of carbonyl (C=O) groups is 2. The second-order valence-electron chi connectivity index (χ2n) is 6.34. The Morgan fingerprint density at radius 1 is 1.26 bits per heavy atom. The van der Waals surface area contributed by atoms with Gasteiger partial charge in [-0.15, -0.1) is 0 Å². The van der Waals surface area contributed by atoms with Crippen molar-refractivity contribution in [3.05, 3.63) is 64.5 Å². The molecular formula is C19H19BFNO5. The lowest BCUT2D eigenvalue weighted by Crippen LogP contribution is -2.35. The minimum Gasteiger partial charge on any atom is -0.460 e. The first-order valence-corrected chi connectivity index (χ1v) is 8.52. The van der Waals surface area contributed by atoms with Gasteiger partial charge in [-0.3, -0.25) is 9.59 Å². The quantitative estimate of drug-likeness (QED) is 0.613. The number of halogens is 1. The second kappa shape index (κ2) is 7.90. The SMILES string of the molecule is Cc1c(C(=O)NCC(=O)OCc2ccc(F)cc2)ccc2c1B(O)OC2C. The molecule has 1 unspecified atom stereocenters. The number of hydrogen-bond acceptors (Lipinski definition) is 5. The molecule has 1 aliphatic heterocycles. The topological polar surface area (TPSA) is 84.9 Å². The smallest absolute Gasteiger partial charge is 0.460 e. The molecule has 0 saturated carbocycles. The molecule has 0 fully saturated rings. The van der Waals surface area contributed by atoms with Crippen LogP contribution in [0.5, 0.6) is 0 Å². The molecule has 0 spiro atoms.